The molecule has 1 heterocycles. The standard InChI is InChI=1S/C18H21NO3S/c1-11-8-14(11)9-21-18(20)15-6-4-5-7-17(15)23-10-16-12(2)19-22-13(16)3/h4-7,11,14H,8-10H2,1-3H3. The molecular formula is C18H21NO3S. The largest absolute Gasteiger partial charge is 0.462 e. The van der Waals surface area contributed by atoms with Crippen LogP contribution in [0.4, 0.5) is 0 Å². The summed E-state index contributed by atoms with van der Waals surface area (Å²) in [6.45, 7) is 6.56. The van der Waals surface area contributed by atoms with Gasteiger partial charge in [-0.15, -0.1) is 11.8 Å². The van der Waals surface area contributed by atoms with Gasteiger partial charge >= 0.3 is 5.97 Å². The normalized spacial score (nSPS) is 19.6. The number of thioether (sulfide) groups is 1. The molecule has 2 atom stereocenters. The van der Waals surface area contributed by atoms with Crippen LogP contribution in [0, 0.1) is 25.7 Å². The third-order valence-corrected chi connectivity index (χ3v) is 5.46. The summed E-state index contributed by atoms with van der Waals surface area (Å²) in [5.41, 5.74) is 2.63. The lowest BCUT2D eigenvalue weighted by molar-refractivity contribution is 0.0477. The number of carbonyl (C=O) groups is 1. The number of carbonyl (C=O) groups excluding carboxylic acids is 1. The zero-order valence-corrected chi connectivity index (χ0v) is 14.5. The van der Waals surface area contributed by atoms with Crippen molar-refractivity contribution in [2.24, 2.45) is 11.8 Å². The van der Waals surface area contributed by atoms with Gasteiger partial charge in [0.2, 0.25) is 0 Å². The van der Waals surface area contributed by atoms with E-state index in [1.54, 1.807) is 11.8 Å². The fraction of sp³-hybridized carbons (Fsp3) is 0.444. The number of aryl methyl sites for hydroxylation is 2. The number of rotatable bonds is 6. The van der Waals surface area contributed by atoms with Crippen LogP contribution in [-0.2, 0) is 10.5 Å². The molecule has 23 heavy (non-hydrogen) atoms. The zero-order chi connectivity index (χ0) is 16.4. The second kappa shape index (κ2) is 6.79. The second-order valence-corrected chi connectivity index (χ2v) is 7.18. The van der Waals surface area contributed by atoms with Crippen molar-refractivity contribution in [3.05, 3.63) is 46.8 Å². The molecule has 1 saturated carbocycles. The van der Waals surface area contributed by atoms with Gasteiger partial charge in [0.05, 0.1) is 17.9 Å². The van der Waals surface area contributed by atoms with Crippen molar-refractivity contribution in [3.8, 4) is 0 Å². The van der Waals surface area contributed by atoms with Gasteiger partial charge in [-0.25, -0.2) is 4.79 Å². The van der Waals surface area contributed by atoms with Gasteiger partial charge in [-0.2, -0.15) is 0 Å². The summed E-state index contributed by atoms with van der Waals surface area (Å²) >= 11 is 1.61. The molecule has 0 N–H and O–H groups in total. The predicted molar refractivity (Wildman–Crippen MR) is 89.5 cm³/mol. The van der Waals surface area contributed by atoms with E-state index in [-0.39, 0.29) is 5.97 Å². The molecule has 5 heteroatoms. The Kier molecular flexibility index (Phi) is 4.76. The first kappa shape index (κ1) is 16.1. The van der Waals surface area contributed by atoms with E-state index in [1.165, 1.54) is 0 Å². The minimum absolute atomic E-state index is 0.231. The van der Waals surface area contributed by atoms with E-state index in [9.17, 15) is 4.79 Å². The molecule has 4 nitrogen and oxygen atoms in total. The first-order valence-corrected chi connectivity index (χ1v) is 8.85. The Labute approximate surface area is 140 Å². The molecule has 1 aromatic heterocycles. The predicted octanol–water partition coefficient (Wildman–Crippen LogP) is 4.40. The van der Waals surface area contributed by atoms with E-state index in [2.05, 4.69) is 12.1 Å². The van der Waals surface area contributed by atoms with Crippen LogP contribution in [0.2, 0.25) is 0 Å². The summed E-state index contributed by atoms with van der Waals surface area (Å²) in [7, 11) is 0. The Morgan fingerprint density at radius 1 is 1.39 bits per heavy atom. The van der Waals surface area contributed by atoms with Crippen molar-refractivity contribution in [2.45, 2.75) is 37.8 Å². The van der Waals surface area contributed by atoms with Gasteiger partial charge in [0.15, 0.2) is 0 Å². The molecule has 1 aromatic carbocycles. The van der Waals surface area contributed by atoms with E-state index in [4.69, 9.17) is 9.26 Å². The summed E-state index contributed by atoms with van der Waals surface area (Å²) < 4.78 is 10.7. The van der Waals surface area contributed by atoms with Crippen molar-refractivity contribution in [2.75, 3.05) is 6.61 Å². The maximum Gasteiger partial charge on any atom is 0.339 e. The van der Waals surface area contributed by atoms with Gasteiger partial charge in [-0.3, -0.25) is 0 Å². The average Bonchev–Trinajstić information content (AvgIpc) is 3.17. The highest BCUT2D eigenvalue weighted by Crippen LogP contribution is 2.38. The van der Waals surface area contributed by atoms with E-state index in [0.717, 1.165) is 34.1 Å². The molecule has 2 unspecified atom stereocenters. The minimum Gasteiger partial charge on any atom is -0.462 e. The molecule has 1 fully saturated rings. The summed E-state index contributed by atoms with van der Waals surface area (Å²) in [5, 5.41) is 3.97. The van der Waals surface area contributed by atoms with Crippen molar-refractivity contribution >= 4 is 17.7 Å². The zero-order valence-electron chi connectivity index (χ0n) is 13.7. The van der Waals surface area contributed by atoms with Crippen LogP contribution in [0.5, 0.6) is 0 Å². The fourth-order valence-electron chi connectivity index (χ4n) is 2.51. The number of hydrogen-bond donors (Lipinski definition) is 0. The minimum atomic E-state index is -0.231. The molecule has 122 valence electrons. The van der Waals surface area contributed by atoms with Crippen LogP contribution in [0.15, 0.2) is 33.7 Å². The Morgan fingerprint density at radius 2 is 2.13 bits per heavy atom. The van der Waals surface area contributed by atoms with Crippen molar-refractivity contribution < 1.29 is 14.1 Å². The molecule has 0 amide bonds. The Bertz CT molecular complexity index is 691. The highest BCUT2D eigenvalue weighted by atomic mass is 32.2. The van der Waals surface area contributed by atoms with E-state index in [0.29, 0.717) is 24.0 Å². The monoisotopic (exact) mass is 331 g/mol. The van der Waals surface area contributed by atoms with E-state index in [1.807, 2.05) is 38.1 Å². The molecule has 0 bridgehead atoms. The molecule has 3 rings (SSSR count). The molecule has 0 aliphatic heterocycles. The quantitative estimate of drug-likeness (QED) is 0.580. The van der Waals surface area contributed by atoms with Crippen LogP contribution >= 0.6 is 11.8 Å². The molecule has 1 aliphatic rings. The topological polar surface area (TPSA) is 52.3 Å². The van der Waals surface area contributed by atoms with Gasteiger partial charge in [-0.1, -0.05) is 24.2 Å². The fourth-order valence-corrected chi connectivity index (χ4v) is 3.70. The van der Waals surface area contributed by atoms with Crippen LogP contribution in [0.1, 0.15) is 40.7 Å². The van der Waals surface area contributed by atoms with Crippen molar-refractivity contribution in [1.29, 1.82) is 0 Å². The Balaban J connectivity index is 1.66. The van der Waals surface area contributed by atoms with E-state index < -0.39 is 0 Å². The summed E-state index contributed by atoms with van der Waals surface area (Å²) in [6.07, 6.45) is 1.16. The van der Waals surface area contributed by atoms with Crippen molar-refractivity contribution in [1.82, 2.24) is 5.16 Å². The first-order valence-electron chi connectivity index (χ1n) is 7.87. The number of benzene rings is 1. The molecular weight excluding hydrogens is 310 g/mol. The van der Waals surface area contributed by atoms with Gasteiger partial charge < -0.3 is 9.26 Å². The summed E-state index contributed by atoms with van der Waals surface area (Å²) in [5.74, 6) is 2.56. The maximum absolute atomic E-state index is 12.3. The van der Waals surface area contributed by atoms with Gasteiger partial charge in [0.1, 0.15) is 5.76 Å². The molecule has 2 aromatic rings. The second-order valence-electron chi connectivity index (χ2n) is 6.16. The molecule has 0 spiro atoms. The number of hydrogen-bond acceptors (Lipinski definition) is 5. The van der Waals surface area contributed by atoms with E-state index >= 15 is 0 Å². The Hall–Kier alpha value is -1.75. The Morgan fingerprint density at radius 3 is 2.78 bits per heavy atom. The van der Waals surface area contributed by atoms with Gasteiger partial charge in [0.25, 0.3) is 0 Å². The van der Waals surface area contributed by atoms with Gasteiger partial charge in [-0.05, 0) is 44.2 Å². The van der Waals surface area contributed by atoms with Gasteiger partial charge in [0, 0.05) is 16.2 Å². The summed E-state index contributed by atoms with van der Waals surface area (Å²) in [6, 6.07) is 7.60. The maximum atomic E-state index is 12.3. The third kappa shape index (κ3) is 3.78. The van der Waals surface area contributed by atoms with Crippen molar-refractivity contribution in [3.63, 3.8) is 0 Å². The summed E-state index contributed by atoms with van der Waals surface area (Å²) in [4.78, 5) is 13.3. The number of ether oxygens (including phenoxy) is 1. The number of esters is 1. The first-order chi connectivity index (χ1) is 11.1. The highest BCUT2D eigenvalue weighted by Gasteiger charge is 2.33. The number of nitrogens with zero attached hydrogens (tertiary/aromatic N) is 1. The SMILES string of the molecule is Cc1noc(C)c1CSc1ccccc1C(=O)OCC1CC1C. The lowest BCUT2D eigenvalue weighted by atomic mass is 10.2. The van der Waals surface area contributed by atoms with Crippen LogP contribution in [0.3, 0.4) is 0 Å². The lowest BCUT2D eigenvalue weighted by Crippen LogP contribution is -2.09. The smallest absolute Gasteiger partial charge is 0.339 e. The average molecular weight is 331 g/mol. The third-order valence-electron chi connectivity index (χ3n) is 4.36. The van der Waals surface area contributed by atoms with Crippen LogP contribution < -0.4 is 0 Å². The molecule has 0 radical (unpaired) electrons. The van der Waals surface area contributed by atoms with Crippen LogP contribution in [-0.4, -0.2) is 17.7 Å². The molecule has 0 saturated heterocycles. The highest BCUT2D eigenvalue weighted by molar-refractivity contribution is 7.98. The lowest BCUT2D eigenvalue weighted by Gasteiger charge is -2.09. The molecule has 1 aliphatic carbocycles. The number of aromatic nitrogens is 1. The van der Waals surface area contributed by atoms with Crippen LogP contribution in [0.25, 0.3) is 0 Å².